The third kappa shape index (κ3) is 2.69. The molecule has 0 radical (unpaired) electrons. The Kier molecular flexibility index (Phi) is 4.05. The van der Waals surface area contributed by atoms with Gasteiger partial charge < -0.3 is 9.72 Å². The maximum Gasteiger partial charge on any atom is 0.337 e. The lowest BCUT2D eigenvalue weighted by Gasteiger charge is -2.26. The van der Waals surface area contributed by atoms with Gasteiger partial charge in [-0.05, 0) is 29.8 Å². The highest BCUT2D eigenvalue weighted by molar-refractivity contribution is 7.89. The highest BCUT2D eigenvalue weighted by atomic mass is 32.2. The summed E-state index contributed by atoms with van der Waals surface area (Å²) >= 11 is 0. The van der Waals surface area contributed by atoms with Crippen LogP contribution in [0.3, 0.4) is 0 Å². The van der Waals surface area contributed by atoms with Gasteiger partial charge in [0.05, 0.1) is 17.6 Å². The lowest BCUT2D eigenvalue weighted by molar-refractivity contribution is 0.0600. The lowest BCUT2D eigenvalue weighted by Crippen LogP contribution is -2.35. The molecule has 1 aromatic heterocycles. The summed E-state index contributed by atoms with van der Waals surface area (Å²) in [7, 11) is -2.43. The molecule has 3 aromatic rings. The van der Waals surface area contributed by atoms with E-state index < -0.39 is 16.0 Å². The van der Waals surface area contributed by atoms with Gasteiger partial charge in [-0.15, -0.1) is 0 Å². The van der Waals surface area contributed by atoms with Crippen molar-refractivity contribution in [3.05, 3.63) is 65.4 Å². The summed E-state index contributed by atoms with van der Waals surface area (Å²) in [5, 5.41) is 1.05. The van der Waals surface area contributed by atoms with E-state index >= 15 is 0 Å². The molecule has 4 rings (SSSR count). The second-order valence-corrected chi connectivity index (χ2v) is 8.17. The Labute approximate surface area is 151 Å². The van der Waals surface area contributed by atoms with Crippen LogP contribution in [0.4, 0.5) is 0 Å². The summed E-state index contributed by atoms with van der Waals surface area (Å²) < 4.78 is 32.3. The van der Waals surface area contributed by atoms with E-state index in [-0.39, 0.29) is 10.5 Å². The number of ether oxygens (including phenoxy) is 1. The normalized spacial score (nSPS) is 15.0. The largest absolute Gasteiger partial charge is 0.465 e. The number of benzene rings is 2. The second kappa shape index (κ2) is 6.26. The first-order valence-corrected chi connectivity index (χ1v) is 9.71. The molecule has 1 N–H and O–H groups in total. The Bertz CT molecular complexity index is 1100. The minimum absolute atomic E-state index is 0.101. The molecule has 134 valence electrons. The zero-order valence-corrected chi connectivity index (χ0v) is 15.0. The number of hydrogen-bond donors (Lipinski definition) is 1. The maximum absolute atomic E-state index is 13.1. The Morgan fingerprint density at radius 3 is 2.77 bits per heavy atom. The average molecular weight is 370 g/mol. The van der Waals surface area contributed by atoms with Crippen LogP contribution in [0.5, 0.6) is 0 Å². The first kappa shape index (κ1) is 16.8. The fourth-order valence-corrected chi connectivity index (χ4v) is 4.85. The van der Waals surface area contributed by atoms with Crippen LogP contribution < -0.4 is 0 Å². The third-order valence-electron chi connectivity index (χ3n) is 4.74. The van der Waals surface area contributed by atoms with E-state index in [4.69, 9.17) is 0 Å². The summed E-state index contributed by atoms with van der Waals surface area (Å²) in [6.07, 6.45) is 0.625. The molecule has 0 spiro atoms. The fourth-order valence-electron chi connectivity index (χ4n) is 3.40. The number of esters is 1. The molecule has 1 aliphatic rings. The van der Waals surface area contributed by atoms with E-state index in [2.05, 4.69) is 9.72 Å². The van der Waals surface area contributed by atoms with E-state index in [1.807, 2.05) is 24.3 Å². The highest BCUT2D eigenvalue weighted by Gasteiger charge is 2.30. The smallest absolute Gasteiger partial charge is 0.337 e. The van der Waals surface area contributed by atoms with Crippen molar-refractivity contribution in [3.8, 4) is 0 Å². The number of fused-ring (bicyclic) bond motifs is 3. The first-order chi connectivity index (χ1) is 12.5. The molecule has 0 fully saturated rings. The van der Waals surface area contributed by atoms with Crippen LogP contribution in [0.15, 0.2) is 53.4 Å². The lowest BCUT2D eigenvalue weighted by atomic mass is 10.1. The molecule has 7 heteroatoms. The van der Waals surface area contributed by atoms with Gasteiger partial charge in [0.2, 0.25) is 10.0 Å². The van der Waals surface area contributed by atoms with Crippen LogP contribution in [0.25, 0.3) is 10.9 Å². The van der Waals surface area contributed by atoms with Crippen LogP contribution in [0, 0.1) is 0 Å². The number of sulfonamides is 1. The molecule has 0 amide bonds. The van der Waals surface area contributed by atoms with Gasteiger partial charge in [0, 0.05) is 36.1 Å². The van der Waals surface area contributed by atoms with Gasteiger partial charge in [-0.3, -0.25) is 0 Å². The van der Waals surface area contributed by atoms with Gasteiger partial charge in [-0.1, -0.05) is 24.3 Å². The molecule has 0 atom stereocenters. The van der Waals surface area contributed by atoms with Crippen molar-refractivity contribution in [2.45, 2.75) is 17.9 Å². The van der Waals surface area contributed by atoms with Crippen molar-refractivity contribution < 1.29 is 17.9 Å². The molecule has 1 aliphatic heterocycles. The number of carbonyl (C=O) groups excluding carboxylic acids is 1. The molecule has 0 aliphatic carbocycles. The molecular weight excluding hydrogens is 352 g/mol. The summed E-state index contributed by atoms with van der Waals surface area (Å²) in [6.45, 7) is 0.703. The van der Waals surface area contributed by atoms with Crippen molar-refractivity contribution in [2.24, 2.45) is 0 Å². The summed E-state index contributed by atoms with van der Waals surface area (Å²) in [5.74, 6) is -0.556. The molecule has 2 aromatic carbocycles. The quantitative estimate of drug-likeness (QED) is 0.719. The molecule has 26 heavy (non-hydrogen) atoms. The van der Waals surface area contributed by atoms with Gasteiger partial charge in [-0.2, -0.15) is 4.31 Å². The Balaban J connectivity index is 1.71. The summed E-state index contributed by atoms with van der Waals surface area (Å²) in [4.78, 5) is 15.2. The number of carbonyl (C=O) groups is 1. The molecule has 0 saturated carbocycles. The summed E-state index contributed by atoms with van der Waals surface area (Å²) in [5.41, 5.74) is 3.34. The van der Waals surface area contributed by atoms with Crippen molar-refractivity contribution in [1.82, 2.24) is 9.29 Å². The molecule has 6 nitrogen and oxygen atoms in total. The average Bonchev–Trinajstić information content (AvgIpc) is 3.05. The van der Waals surface area contributed by atoms with Gasteiger partial charge in [0.25, 0.3) is 0 Å². The van der Waals surface area contributed by atoms with Crippen LogP contribution in [-0.4, -0.2) is 37.3 Å². The van der Waals surface area contributed by atoms with Crippen LogP contribution in [0.2, 0.25) is 0 Å². The van der Waals surface area contributed by atoms with Crippen LogP contribution >= 0.6 is 0 Å². The number of H-pyrrole nitrogens is 1. The molecule has 2 heterocycles. The predicted molar refractivity (Wildman–Crippen MR) is 97.4 cm³/mol. The first-order valence-electron chi connectivity index (χ1n) is 8.27. The topological polar surface area (TPSA) is 79.5 Å². The molecule has 0 bridgehead atoms. The van der Waals surface area contributed by atoms with Gasteiger partial charge in [-0.25, -0.2) is 13.2 Å². The van der Waals surface area contributed by atoms with Crippen molar-refractivity contribution >= 4 is 26.9 Å². The van der Waals surface area contributed by atoms with E-state index in [9.17, 15) is 13.2 Å². The fraction of sp³-hybridized carbons (Fsp3) is 0.211. The zero-order chi connectivity index (χ0) is 18.3. The number of aromatic amines is 1. The second-order valence-electron chi connectivity index (χ2n) is 6.24. The number of nitrogens with zero attached hydrogens (tertiary/aromatic N) is 1. The third-order valence-corrected chi connectivity index (χ3v) is 6.58. The van der Waals surface area contributed by atoms with Gasteiger partial charge >= 0.3 is 5.97 Å². The zero-order valence-electron chi connectivity index (χ0n) is 14.2. The molecule has 0 unspecified atom stereocenters. The van der Waals surface area contributed by atoms with E-state index in [0.717, 1.165) is 22.2 Å². The molecular formula is C19H18N2O4S. The van der Waals surface area contributed by atoms with Gasteiger partial charge in [0.1, 0.15) is 0 Å². The summed E-state index contributed by atoms with van der Waals surface area (Å²) in [6, 6.07) is 13.9. The Morgan fingerprint density at radius 2 is 1.96 bits per heavy atom. The number of nitrogens with one attached hydrogen (secondary N) is 1. The Morgan fingerprint density at radius 1 is 1.15 bits per heavy atom. The van der Waals surface area contributed by atoms with Gasteiger partial charge in [0.15, 0.2) is 0 Å². The number of rotatable bonds is 3. The maximum atomic E-state index is 13.1. The van der Waals surface area contributed by atoms with Crippen molar-refractivity contribution in [3.63, 3.8) is 0 Å². The number of methoxy groups -OCH3 is 1. The van der Waals surface area contributed by atoms with Crippen LogP contribution in [0.1, 0.15) is 21.6 Å². The van der Waals surface area contributed by atoms with Crippen molar-refractivity contribution in [1.29, 1.82) is 0 Å². The minimum Gasteiger partial charge on any atom is -0.465 e. The van der Waals surface area contributed by atoms with Crippen LogP contribution in [-0.2, 0) is 27.7 Å². The monoisotopic (exact) mass is 370 g/mol. The minimum atomic E-state index is -3.70. The standard InChI is InChI=1S/C19H18N2O4S/c1-25-19(22)13-5-4-6-14(11-13)26(23,24)21-10-9-18-16(12-21)15-7-2-3-8-17(15)20-18/h2-8,11,20H,9-10,12H2,1H3. The number of hydrogen-bond acceptors (Lipinski definition) is 4. The highest BCUT2D eigenvalue weighted by Crippen LogP contribution is 2.30. The van der Waals surface area contributed by atoms with Crippen molar-refractivity contribution in [2.75, 3.05) is 13.7 Å². The number of para-hydroxylation sites is 1. The molecule has 0 saturated heterocycles. The predicted octanol–water partition coefficient (Wildman–Crippen LogP) is 2.70. The number of aromatic nitrogens is 1. The van der Waals surface area contributed by atoms with E-state index in [0.29, 0.717) is 19.5 Å². The van der Waals surface area contributed by atoms with E-state index in [1.54, 1.807) is 12.1 Å². The SMILES string of the molecule is COC(=O)c1cccc(S(=O)(=O)N2CCc3[nH]c4ccccc4c3C2)c1. The Hall–Kier alpha value is -2.64. The van der Waals surface area contributed by atoms with E-state index in [1.165, 1.54) is 23.5 Å².